The van der Waals surface area contributed by atoms with Crippen molar-refractivity contribution < 1.29 is 8.87 Å². The lowest BCUT2D eigenvalue weighted by Crippen LogP contribution is -2.46. The quantitative estimate of drug-likeness (QED) is 0.332. The van der Waals surface area contributed by atoms with Gasteiger partial charge in [0.25, 0.3) is 0 Å². The van der Waals surface area contributed by atoms with E-state index in [-0.39, 0.29) is 11.2 Å². The summed E-state index contributed by atoms with van der Waals surface area (Å²) in [6.45, 7) is 1.65. The molecule has 1 rings (SSSR count). The first-order valence-electron chi connectivity index (χ1n) is 2.30. The van der Waals surface area contributed by atoms with Crippen molar-refractivity contribution in [1.82, 2.24) is 5.12 Å². The average molecular weight is 107 g/mol. The van der Waals surface area contributed by atoms with Crippen molar-refractivity contribution in [1.29, 1.82) is 0 Å². The van der Waals surface area contributed by atoms with Crippen molar-refractivity contribution in [2.45, 2.75) is 25.7 Å². The highest BCUT2D eigenvalue weighted by Crippen LogP contribution is 2.25. The van der Waals surface area contributed by atoms with Gasteiger partial charge in [-0.2, -0.15) is 0 Å². The Bertz CT molecular complexity index is 68.1. The molecule has 0 aliphatic carbocycles. The predicted molar refractivity (Wildman–Crippen MR) is 21.9 cm³/mol. The maximum atomic E-state index is 11.8. The molecule has 3 heteroatoms. The molecule has 1 fully saturated rings. The molecule has 2 atom stereocenters. The molecule has 0 aromatic rings. The zero-order valence-electron chi connectivity index (χ0n) is 4.06. The third kappa shape index (κ3) is 0.608. The van der Waals surface area contributed by atoms with Crippen molar-refractivity contribution in [2.24, 2.45) is 0 Å². The highest BCUT2D eigenvalue weighted by Gasteiger charge is 2.35. The Hall–Kier alpha value is -0.180. The molecule has 1 saturated heterocycles. The molecule has 0 spiro atoms. The summed E-state index contributed by atoms with van der Waals surface area (Å²) in [5, 5.41) is 0.222. The maximum absolute atomic E-state index is 11.8. The van der Waals surface area contributed by atoms with Crippen LogP contribution in [0.25, 0.3) is 0 Å². The van der Waals surface area contributed by atoms with Gasteiger partial charge in [0, 0.05) is 12.5 Å². The van der Waals surface area contributed by atoms with Crippen LogP contribution in [0.2, 0.25) is 0 Å². The number of rotatable bonds is 0. The van der Waals surface area contributed by atoms with E-state index < -0.39 is 6.30 Å². The van der Waals surface area contributed by atoms with E-state index in [1.165, 1.54) is 0 Å². The van der Waals surface area contributed by atoms with Crippen molar-refractivity contribution >= 4 is 0 Å². The first kappa shape index (κ1) is 4.97. The summed E-state index contributed by atoms with van der Waals surface area (Å²) >= 11 is 0. The Morgan fingerprint density at radius 1 is 1.71 bits per heavy atom. The topological polar surface area (TPSA) is 3.24 Å². The number of nitrogens with zero attached hydrogens (tertiary/aromatic N) is 1. The van der Waals surface area contributed by atoms with Gasteiger partial charge in [0.15, 0.2) is 6.30 Å². The molecule has 0 radical (unpaired) electrons. The molecule has 7 heavy (non-hydrogen) atoms. The van der Waals surface area contributed by atoms with E-state index in [2.05, 4.69) is 0 Å². The SMILES string of the molecule is CC1CC(F)N1F. The summed E-state index contributed by atoms with van der Waals surface area (Å²) in [4.78, 5) is 0. The summed E-state index contributed by atoms with van der Waals surface area (Å²) in [5.41, 5.74) is 0. The molecule has 1 aliphatic rings. The minimum absolute atomic E-state index is 0.199. The second-order valence-electron chi connectivity index (χ2n) is 1.86. The molecule has 42 valence electrons. The summed E-state index contributed by atoms with van der Waals surface area (Å²) in [5.74, 6) is 0. The second-order valence-corrected chi connectivity index (χ2v) is 1.86. The molecule has 0 amide bonds. The van der Waals surface area contributed by atoms with Crippen LogP contribution in [0.15, 0.2) is 0 Å². The van der Waals surface area contributed by atoms with Gasteiger partial charge in [-0.3, -0.25) is 0 Å². The molecule has 0 N–H and O–H groups in total. The fourth-order valence-corrected chi connectivity index (χ4v) is 0.621. The summed E-state index contributed by atoms with van der Waals surface area (Å²) < 4.78 is 23.5. The van der Waals surface area contributed by atoms with Crippen molar-refractivity contribution in [2.75, 3.05) is 0 Å². The molecule has 1 nitrogen and oxygen atoms in total. The Balaban J connectivity index is 2.29. The first-order valence-corrected chi connectivity index (χ1v) is 2.30. The van der Waals surface area contributed by atoms with Gasteiger partial charge in [-0.1, -0.05) is 0 Å². The Labute approximate surface area is 40.9 Å². The van der Waals surface area contributed by atoms with E-state index in [4.69, 9.17) is 0 Å². The van der Waals surface area contributed by atoms with Crippen LogP contribution in [-0.2, 0) is 0 Å². The number of alkyl halides is 1. The van der Waals surface area contributed by atoms with E-state index in [1.54, 1.807) is 6.92 Å². The first-order chi connectivity index (χ1) is 3.22. The predicted octanol–water partition coefficient (Wildman–Crippen LogP) is 1.26. The van der Waals surface area contributed by atoms with Gasteiger partial charge in [0.2, 0.25) is 0 Å². The molecule has 1 aliphatic heterocycles. The van der Waals surface area contributed by atoms with Crippen LogP contribution in [-0.4, -0.2) is 17.5 Å². The lowest BCUT2D eigenvalue weighted by Gasteiger charge is -2.33. The minimum atomic E-state index is -1.32. The van der Waals surface area contributed by atoms with Crippen LogP contribution in [0.3, 0.4) is 0 Å². The summed E-state index contributed by atoms with van der Waals surface area (Å²) in [6, 6.07) is -0.199. The van der Waals surface area contributed by atoms with Gasteiger partial charge in [0.1, 0.15) is 0 Å². The van der Waals surface area contributed by atoms with Crippen LogP contribution in [0.4, 0.5) is 8.87 Å². The van der Waals surface area contributed by atoms with E-state index in [9.17, 15) is 8.87 Å². The molecular formula is C4H7F2N. The van der Waals surface area contributed by atoms with Crippen molar-refractivity contribution in [3.63, 3.8) is 0 Å². The Morgan fingerprint density at radius 2 is 2.29 bits per heavy atom. The zero-order chi connectivity index (χ0) is 5.44. The third-order valence-corrected chi connectivity index (χ3v) is 1.22. The molecule has 0 aromatic carbocycles. The Kier molecular flexibility index (Phi) is 0.995. The molecule has 1 heterocycles. The molecular weight excluding hydrogens is 100 g/mol. The average Bonchev–Trinajstić information content (AvgIpc) is 1.68. The van der Waals surface area contributed by atoms with Gasteiger partial charge in [0.05, 0.1) is 0 Å². The maximum Gasteiger partial charge on any atom is 0.182 e. The van der Waals surface area contributed by atoms with E-state index in [0.29, 0.717) is 6.42 Å². The number of hydrogen-bond acceptors (Lipinski definition) is 1. The Morgan fingerprint density at radius 3 is 2.29 bits per heavy atom. The van der Waals surface area contributed by atoms with Gasteiger partial charge in [-0.05, 0) is 6.92 Å². The van der Waals surface area contributed by atoms with Crippen molar-refractivity contribution in [3.8, 4) is 0 Å². The second kappa shape index (κ2) is 1.40. The fraction of sp³-hybridized carbons (Fsp3) is 1.00. The van der Waals surface area contributed by atoms with Crippen LogP contribution in [0.1, 0.15) is 13.3 Å². The third-order valence-electron chi connectivity index (χ3n) is 1.22. The minimum Gasteiger partial charge on any atom is -0.228 e. The van der Waals surface area contributed by atoms with Crippen LogP contribution < -0.4 is 0 Å². The smallest absolute Gasteiger partial charge is 0.182 e. The van der Waals surface area contributed by atoms with Crippen LogP contribution >= 0.6 is 0 Å². The number of halogens is 2. The molecule has 0 saturated carbocycles. The number of hydrogen-bond donors (Lipinski definition) is 0. The molecule has 0 aromatic heterocycles. The highest BCUT2D eigenvalue weighted by atomic mass is 19.2. The van der Waals surface area contributed by atoms with E-state index in [1.807, 2.05) is 0 Å². The standard InChI is InChI=1S/C4H7F2N/c1-3-2-4(5)7(3)6/h3-4H,2H2,1H3. The monoisotopic (exact) mass is 107 g/mol. The fourth-order valence-electron chi connectivity index (χ4n) is 0.621. The van der Waals surface area contributed by atoms with E-state index >= 15 is 0 Å². The zero-order valence-corrected chi connectivity index (χ0v) is 4.06. The van der Waals surface area contributed by atoms with Crippen LogP contribution in [0.5, 0.6) is 0 Å². The highest BCUT2D eigenvalue weighted by molar-refractivity contribution is 4.75. The summed E-state index contributed by atoms with van der Waals surface area (Å²) in [7, 11) is 0. The summed E-state index contributed by atoms with van der Waals surface area (Å²) in [6.07, 6.45) is -0.980. The van der Waals surface area contributed by atoms with Gasteiger partial charge in [-0.25, -0.2) is 4.39 Å². The van der Waals surface area contributed by atoms with Crippen LogP contribution in [0, 0.1) is 0 Å². The lowest BCUT2D eigenvalue weighted by atomic mass is 10.1. The lowest BCUT2D eigenvalue weighted by molar-refractivity contribution is -0.188. The van der Waals surface area contributed by atoms with E-state index in [0.717, 1.165) is 0 Å². The van der Waals surface area contributed by atoms with Gasteiger partial charge >= 0.3 is 0 Å². The van der Waals surface area contributed by atoms with Gasteiger partial charge < -0.3 is 0 Å². The largest absolute Gasteiger partial charge is 0.228 e. The molecule has 2 unspecified atom stereocenters. The normalized spacial score (nSPS) is 43.3. The van der Waals surface area contributed by atoms with Gasteiger partial charge in [-0.15, -0.1) is 9.60 Å². The molecule has 0 bridgehead atoms. The van der Waals surface area contributed by atoms with Crippen molar-refractivity contribution in [3.05, 3.63) is 0 Å².